The molecule has 0 saturated carbocycles. The topological polar surface area (TPSA) is 9.23 Å². The summed E-state index contributed by atoms with van der Waals surface area (Å²) in [6.07, 6.45) is 0. The van der Waals surface area contributed by atoms with E-state index in [9.17, 15) is 0 Å². The molecule has 1 aliphatic heterocycles. The Morgan fingerprint density at radius 3 is 2.25 bits per heavy atom. The minimum atomic E-state index is -0.137. The van der Waals surface area contributed by atoms with Crippen LogP contribution in [0.2, 0.25) is 0 Å². The quantitative estimate of drug-likeness (QED) is 0.246. The van der Waals surface area contributed by atoms with E-state index in [2.05, 4.69) is 111 Å². The van der Waals surface area contributed by atoms with E-state index < -0.39 is 0 Å². The zero-order valence-electron chi connectivity index (χ0n) is 18.1. The van der Waals surface area contributed by atoms with Gasteiger partial charge in [-0.25, -0.2) is 0 Å². The van der Waals surface area contributed by atoms with Crippen LogP contribution in [0.1, 0.15) is 25.0 Å². The maximum absolute atomic E-state index is 6.58. The Balaban J connectivity index is 1.66. The number of para-hydroxylation sites is 1. The summed E-state index contributed by atoms with van der Waals surface area (Å²) in [6.45, 7) is 4.62. The van der Waals surface area contributed by atoms with E-state index in [1.807, 2.05) is 0 Å². The Kier molecular flexibility index (Phi) is 3.40. The molecule has 32 heavy (non-hydrogen) atoms. The van der Waals surface area contributed by atoms with Gasteiger partial charge >= 0.3 is 0 Å². The monoisotopic (exact) mass is 410 g/mol. The van der Waals surface area contributed by atoms with Crippen LogP contribution in [0.4, 0.5) is 0 Å². The van der Waals surface area contributed by atoms with Crippen LogP contribution in [0.3, 0.4) is 0 Å². The average molecular weight is 411 g/mol. The minimum Gasteiger partial charge on any atom is -0.456 e. The fraction of sp³-hybridized carbons (Fsp3) is 0.0968. The Hall–Kier alpha value is -3.84. The summed E-state index contributed by atoms with van der Waals surface area (Å²) in [5, 5.41) is 7.66. The Morgan fingerprint density at radius 1 is 0.594 bits per heavy atom. The van der Waals surface area contributed by atoms with Crippen molar-refractivity contribution in [1.82, 2.24) is 0 Å². The van der Waals surface area contributed by atoms with Crippen LogP contribution in [0.5, 0.6) is 11.5 Å². The van der Waals surface area contributed by atoms with Crippen molar-refractivity contribution in [1.29, 1.82) is 0 Å². The van der Waals surface area contributed by atoms with Gasteiger partial charge in [0.25, 0.3) is 0 Å². The minimum absolute atomic E-state index is 0.137. The van der Waals surface area contributed by atoms with Gasteiger partial charge in [0, 0.05) is 27.3 Å². The van der Waals surface area contributed by atoms with Crippen molar-refractivity contribution in [3.8, 4) is 22.6 Å². The van der Waals surface area contributed by atoms with E-state index in [0.29, 0.717) is 0 Å². The Morgan fingerprint density at radius 2 is 1.38 bits per heavy atom. The third kappa shape index (κ3) is 2.23. The first-order chi connectivity index (χ1) is 15.6. The van der Waals surface area contributed by atoms with Crippen LogP contribution >= 0.6 is 0 Å². The molecule has 6 aromatic rings. The molecule has 1 heterocycles. The molecule has 0 fully saturated rings. The summed E-state index contributed by atoms with van der Waals surface area (Å²) >= 11 is 0. The van der Waals surface area contributed by atoms with E-state index in [4.69, 9.17) is 4.74 Å². The molecule has 1 heteroatoms. The molecule has 1 aliphatic rings. The zero-order valence-corrected chi connectivity index (χ0v) is 18.1. The molecule has 0 aliphatic carbocycles. The number of rotatable bonds is 1. The van der Waals surface area contributed by atoms with Crippen molar-refractivity contribution < 1.29 is 4.74 Å². The molecule has 1 nitrogen and oxygen atoms in total. The van der Waals surface area contributed by atoms with Gasteiger partial charge in [0.2, 0.25) is 0 Å². The lowest BCUT2D eigenvalue weighted by Crippen LogP contribution is -2.24. The van der Waals surface area contributed by atoms with Gasteiger partial charge in [-0.2, -0.15) is 0 Å². The van der Waals surface area contributed by atoms with E-state index in [-0.39, 0.29) is 5.41 Å². The van der Waals surface area contributed by atoms with Crippen LogP contribution in [-0.2, 0) is 5.41 Å². The van der Waals surface area contributed by atoms with Gasteiger partial charge in [-0.05, 0) is 56.9 Å². The van der Waals surface area contributed by atoms with Crippen molar-refractivity contribution >= 4 is 32.3 Å². The highest BCUT2D eigenvalue weighted by molar-refractivity contribution is 6.27. The van der Waals surface area contributed by atoms with Gasteiger partial charge in [0.15, 0.2) is 0 Å². The van der Waals surface area contributed by atoms with Crippen molar-refractivity contribution in [3.05, 3.63) is 108 Å². The molecular formula is C31H22O. The third-order valence-electron chi connectivity index (χ3n) is 7.24. The highest BCUT2D eigenvalue weighted by atomic mass is 16.5. The smallest absolute Gasteiger partial charge is 0.139 e. The van der Waals surface area contributed by atoms with Crippen LogP contribution in [-0.4, -0.2) is 0 Å². The first-order valence-electron chi connectivity index (χ1n) is 11.2. The van der Waals surface area contributed by atoms with Crippen LogP contribution in [0.25, 0.3) is 43.4 Å². The lowest BCUT2D eigenvalue weighted by atomic mass is 9.74. The molecule has 0 spiro atoms. The number of hydrogen-bond acceptors (Lipinski definition) is 1. The van der Waals surface area contributed by atoms with Gasteiger partial charge in [-0.15, -0.1) is 0 Å². The predicted molar refractivity (Wildman–Crippen MR) is 134 cm³/mol. The zero-order chi connectivity index (χ0) is 21.4. The van der Waals surface area contributed by atoms with Crippen molar-refractivity contribution in [3.63, 3.8) is 0 Å². The molecule has 0 saturated heterocycles. The molecule has 0 amide bonds. The summed E-state index contributed by atoms with van der Waals surface area (Å²) in [4.78, 5) is 0. The highest BCUT2D eigenvalue weighted by Crippen LogP contribution is 2.53. The Bertz CT molecular complexity index is 1660. The summed E-state index contributed by atoms with van der Waals surface area (Å²) in [6, 6.07) is 35.0. The lowest BCUT2D eigenvalue weighted by molar-refractivity contribution is 0.423. The standard InChI is InChI=1S/C31H22O/c1-31(2)25-13-6-7-14-27(25)32-30-23-16-15-20-11-8-12-22-24(19-9-4-3-5-10-19)17-21(18-26(30)31)29(23)28(20)22/h3-18H,1-2H3. The van der Waals surface area contributed by atoms with Crippen LogP contribution in [0.15, 0.2) is 97.1 Å². The molecule has 0 bridgehead atoms. The second kappa shape index (κ2) is 6.11. The number of ether oxygens (including phenoxy) is 1. The van der Waals surface area contributed by atoms with Crippen molar-refractivity contribution in [2.45, 2.75) is 19.3 Å². The van der Waals surface area contributed by atoms with Crippen molar-refractivity contribution in [2.75, 3.05) is 0 Å². The largest absolute Gasteiger partial charge is 0.456 e. The predicted octanol–water partition coefficient (Wildman–Crippen LogP) is 8.68. The first kappa shape index (κ1) is 17.8. The lowest BCUT2D eigenvalue weighted by Gasteiger charge is -2.35. The molecule has 0 N–H and O–H groups in total. The van der Waals surface area contributed by atoms with Gasteiger partial charge in [-0.3, -0.25) is 0 Å². The SMILES string of the molecule is CC1(C)c2ccccc2Oc2c1cc1cc(-c3ccccc3)c3cccc4ccc2c1c43. The maximum atomic E-state index is 6.58. The first-order valence-corrected chi connectivity index (χ1v) is 11.2. The molecule has 0 unspecified atom stereocenters. The molecule has 0 radical (unpaired) electrons. The van der Waals surface area contributed by atoms with E-state index in [0.717, 1.165) is 11.5 Å². The van der Waals surface area contributed by atoms with Crippen molar-refractivity contribution in [2.24, 2.45) is 0 Å². The molecule has 0 aromatic heterocycles. The van der Waals surface area contributed by atoms with Gasteiger partial charge < -0.3 is 4.74 Å². The summed E-state index contributed by atoms with van der Waals surface area (Å²) in [5.74, 6) is 1.96. The fourth-order valence-electron chi connectivity index (χ4n) is 5.64. The van der Waals surface area contributed by atoms with Crippen LogP contribution in [0, 0.1) is 0 Å². The van der Waals surface area contributed by atoms with Gasteiger partial charge in [-0.1, -0.05) is 86.6 Å². The summed E-state index contributed by atoms with van der Waals surface area (Å²) in [7, 11) is 0. The highest BCUT2D eigenvalue weighted by Gasteiger charge is 2.35. The molecule has 7 rings (SSSR count). The van der Waals surface area contributed by atoms with E-state index >= 15 is 0 Å². The maximum Gasteiger partial charge on any atom is 0.139 e. The summed E-state index contributed by atoms with van der Waals surface area (Å²) < 4.78 is 6.58. The number of benzene rings is 6. The van der Waals surface area contributed by atoms with E-state index in [1.165, 1.54) is 54.6 Å². The normalized spacial score (nSPS) is 14.4. The number of fused-ring (bicyclic) bond motifs is 3. The third-order valence-corrected chi connectivity index (χ3v) is 7.24. The van der Waals surface area contributed by atoms with Gasteiger partial charge in [0.05, 0.1) is 0 Å². The fourth-order valence-corrected chi connectivity index (χ4v) is 5.64. The van der Waals surface area contributed by atoms with Crippen LogP contribution < -0.4 is 4.74 Å². The Labute approximate surface area is 187 Å². The molecule has 152 valence electrons. The molecular weight excluding hydrogens is 388 g/mol. The summed E-state index contributed by atoms with van der Waals surface area (Å²) in [5.41, 5.74) is 4.89. The number of hydrogen-bond donors (Lipinski definition) is 0. The second-order valence-corrected chi connectivity index (χ2v) is 9.38. The van der Waals surface area contributed by atoms with E-state index in [1.54, 1.807) is 0 Å². The molecule has 6 aromatic carbocycles. The molecule has 0 atom stereocenters. The average Bonchev–Trinajstić information content (AvgIpc) is 2.83. The van der Waals surface area contributed by atoms with Gasteiger partial charge in [0.1, 0.15) is 11.5 Å². The second-order valence-electron chi connectivity index (χ2n) is 9.38.